The first kappa shape index (κ1) is 9.21. The number of rotatable bonds is 1. The van der Waals surface area contributed by atoms with E-state index in [1.165, 1.54) is 5.56 Å². The van der Waals surface area contributed by atoms with Gasteiger partial charge in [0.2, 0.25) is 0 Å². The van der Waals surface area contributed by atoms with Crippen molar-refractivity contribution in [2.24, 2.45) is 0 Å². The summed E-state index contributed by atoms with van der Waals surface area (Å²) in [4.78, 5) is 4.31. The molecule has 1 aliphatic rings. The van der Waals surface area contributed by atoms with Gasteiger partial charge in [0.25, 0.3) is 0 Å². The molecule has 0 saturated heterocycles. The predicted octanol–water partition coefficient (Wildman–Crippen LogP) is 2.27. The number of nitrogen functional groups attached to an aromatic ring is 1. The fraction of sp³-hybridized carbons (Fsp3) is 0.154. The van der Waals surface area contributed by atoms with Crippen molar-refractivity contribution in [3.05, 3.63) is 42.1 Å². The molecule has 1 aliphatic heterocycles. The molecular formula is C13H12N2O. The van der Waals surface area contributed by atoms with Gasteiger partial charge in [-0.25, -0.2) is 0 Å². The van der Waals surface area contributed by atoms with E-state index in [0.29, 0.717) is 5.69 Å². The van der Waals surface area contributed by atoms with E-state index in [2.05, 4.69) is 11.1 Å². The summed E-state index contributed by atoms with van der Waals surface area (Å²) < 4.78 is 5.47. The maximum Gasteiger partial charge on any atom is 0.122 e. The van der Waals surface area contributed by atoms with E-state index in [9.17, 15) is 0 Å². The largest absolute Gasteiger partial charge is 0.493 e. The lowest BCUT2D eigenvalue weighted by molar-refractivity contribution is 0.357. The summed E-state index contributed by atoms with van der Waals surface area (Å²) in [6.45, 7) is 0.786. The number of hydrogen-bond donors (Lipinski definition) is 1. The highest BCUT2D eigenvalue weighted by Gasteiger charge is 2.12. The number of anilines is 1. The summed E-state index contributed by atoms with van der Waals surface area (Å²) in [6, 6.07) is 9.98. The van der Waals surface area contributed by atoms with Crippen LogP contribution >= 0.6 is 0 Å². The van der Waals surface area contributed by atoms with Crippen molar-refractivity contribution < 1.29 is 4.74 Å². The number of aromatic nitrogens is 1. The summed E-state index contributed by atoms with van der Waals surface area (Å²) in [5.41, 5.74) is 9.62. The van der Waals surface area contributed by atoms with E-state index >= 15 is 0 Å². The normalized spacial score (nSPS) is 13.2. The third kappa shape index (κ3) is 1.50. The number of nitrogens with two attached hydrogens (primary N) is 1. The molecule has 2 heterocycles. The highest BCUT2D eigenvalue weighted by atomic mass is 16.5. The van der Waals surface area contributed by atoms with Gasteiger partial charge >= 0.3 is 0 Å². The van der Waals surface area contributed by atoms with Crippen molar-refractivity contribution in [3.63, 3.8) is 0 Å². The molecular weight excluding hydrogens is 200 g/mol. The van der Waals surface area contributed by atoms with Crippen LogP contribution in [0.3, 0.4) is 0 Å². The predicted molar refractivity (Wildman–Crippen MR) is 63.3 cm³/mol. The minimum absolute atomic E-state index is 0.688. The van der Waals surface area contributed by atoms with Gasteiger partial charge in [0.1, 0.15) is 5.75 Å². The Kier molecular flexibility index (Phi) is 2.03. The van der Waals surface area contributed by atoms with Crippen LogP contribution in [0.25, 0.3) is 11.3 Å². The molecule has 1 aromatic carbocycles. The SMILES string of the molecule is Nc1ccc(-c2ccc3c(c2)CCO3)nc1. The molecule has 3 heteroatoms. The molecule has 0 spiro atoms. The van der Waals surface area contributed by atoms with Crippen LogP contribution in [0.5, 0.6) is 5.75 Å². The molecule has 0 aliphatic carbocycles. The average molecular weight is 212 g/mol. The highest BCUT2D eigenvalue weighted by molar-refractivity contribution is 5.63. The second-order valence-corrected chi connectivity index (χ2v) is 3.90. The Hall–Kier alpha value is -2.03. The molecule has 16 heavy (non-hydrogen) atoms. The quantitative estimate of drug-likeness (QED) is 0.788. The Labute approximate surface area is 93.9 Å². The Balaban J connectivity index is 2.03. The Morgan fingerprint density at radius 2 is 2.12 bits per heavy atom. The van der Waals surface area contributed by atoms with Crippen LogP contribution in [0, 0.1) is 0 Å². The number of ether oxygens (including phenoxy) is 1. The smallest absolute Gasteiger partial charge is 0.122 e. The molecule has 3 rings (SSSR count). The maximum atomic E-state index is 5.61. The molecule has 2 aromatic rings. The lowest BCUT2D eigenvalue weighted by Crippen LogP contribution is -1.88. The first-order valence-corrected chi connectivity index (χ1v) is 5.30. The molecule has 80 valence electrons. The van der Waals surface area contributed by atoms with Crippen LogP contribution in [0.4, 0.5) is 5.69 Å². The minimum atomic E-state index is 0.688. The van der Waals surface area contributed by atoms with Gasteiger partial charge in [-0.3, -0.25) is 4.98 Å². The zero-order valence-corrected chi connectivity index (χ0v) is 8.81. The average Bonchev–Trinajstić information content (AvgIpc) is 2.77. The van der Waals surface area contributed by atoms with Crippen molar-refractivity contribution in [1.82, 2.24) is 4.98 Å². The zero-order chi connectivity index (χ0) is 11.0. The van der Waals surface area contributed by atoms with Crippen LogP contribution in [0.2, 0.25) is 0 Å². The fourth-order valence-electron chi connectivity index (χ4n) is 1.92. The van der Waals surface area contributed by atoms with Gasteiger partial charge in [-0.05, 0) is 35.9 Å². The molecule has 0 fully saturated rings. The molecule has 0 amide bonds. The molecule has 0 atom stereocenters. The van der Waals surface area contributed by atoms with Crippen LogP contribution in [-0.2, 0) is 6.42 Å². The van der Waals surface area contributed by atoms with E-state index in [0.717, 1.165) is 30.0 Å². The third-order valence-electron chi connectivity index (χ3n) is 2.77. The van der Waals surface area contributed by atoms with Gasteiger partial charge in [-0.2, -0.15) is 0 Å². The molecule has 0 radical (unpaired) electrons. The van der Waals surface area contributed by atoms with Crippen molar-refractivity contribution in [2.75, 3.05) is 12.3 Å². The number of benzene rings is 1. The maximum absolute atomic E-state index is 5.61. The summed E-state index contributed by atoms with van der Waals surface area (Å²) in [5, 5.41) is 0. The second-order valence-electron chi connectivity index (χ2n) is 3.90. The van der Waals surface area contributed by atoms with Gasteiger partial charge in [0.15, 0.2) is 0 Å². The van der Waals surface area contributed by atoms with E-state index < -0.39 is 0 Å². The van der Waals surface area contributed by atoms with E-state index in [-0.39, 0.29) is 0 Å². The second kappa shape index (κ2) is 3.52. The first-order chi connectivity index (χ1) is 7.83. The standard InChI is InChI=1S/C13H12N2O/c14-11-2-3-12(15-8-11)9-1-4-13-10(7-9)5-6-16-13/h1-4,7-8H,5-6,14H2. The van der Waals surface area contributed by atoms with Crippen molar-refractivity contribution in [2.45, 2.75) is 6.42 Å². The number of nitrogens with zero attached hydrogens (tertiary/aromatic N) is 1. The van der Waals surface area contributed by atoms with Crippen molar-refractivity contribution in [1.29, 1.82) is 0 Å². The lowest BCUT2D eigenvalue weighted by atomic mass is 10.1. The number of pyridine rings is 1. The molecule has 3 nitrogen and oxygen atoms in total. The molecule has 1 aromatic heterocycles. The fourth-order valence-corrected chi connectivity index (χ4v) is 1.92. The van der Waals surface area contributed by atoms with Crippen LogP contribution in [-0.4, -0.2) is 11.6 Å². The van der Waals surface area contributed by atoms with Gasteiger partial charge in [-0.1, -0.05) is 0 Å². The lowest BCUT2D eigenvalue weighted by Gasteiger charge is -2.03. The topological polar surface area (TPSA) is 48.1 Å². The van der Waals surface area contributed by atoms with E-state index in [4.69, 9.17) is 10.5 Å². The number of fused-ring (bicyclic) bond motifs is 1. The van der Waals surface area contributed by atoms with Crippen molar-refractivity contribution in [3.8, 4) is 17.0 Å². The van der Waals surface area contributed by atoms with Gasteiger partial charge in [0, 0.05) is 12.0 Å². The summed E-state index contributed by atoms with van der Waals surface area (Å²) >= 11 is 0. The van der Waals surface area contributed by atoms with Crippen LogP contribution < -0.4 is 10.5 Å². The van der Waals surface area contributed by atoms with Gasteiger partial charge < -0.3 is 10.5 Å². The minimum Gasteiger partial charge on any atom is -0.493 e. The summed E-state index contributed by atoms with van der Waals surface area (Å²) in [6.07, 6.45) is 2.66. The van der Waals surface area contributed by atoms with E-state index in [1.807, 2.05) is 24.3 Å². The summed E-state index contributed by atoms with van der Waals surface area (Å²) in [5.74, 6) is 0.999. The Morgan fingerprint density at radius 1 is 1.19 bits per heavy atom. The molecule has 0 bridgehead atoms. The van der Waals surface area contributed by atoms with Crippen molar-refractivity contribution >= 4 is 5.69 Å². The van der Waals surface area contributed by atoms with Gasteiger partial charge in [-0.15, -0.1) is 0 Å². The monoisotopic (exact) mass is 212 g/mol. The molecule has 0 saturated carbocycles. The van der Waals surface area contributed by atoms with Gasteiger partial charge in [0.05, 0.1) is 24.2 Å². The Morgan fingerprint density at radius 3 is 2.94 bits per heavy atom. The Bertz CT molecular complexity index is 520. The zero-order valence-electron chi connectivity index (χ0n) is 8.81. The molecule has 0 unspecified atom stereocenters. The summed E-state index contributed by atoms with van der Waals surface area (Å²) in [7, 11) is 0. The third-order valence-corrected chi connectivity index (χ3v) is 2.77. The first-order valence-electron chi connectivity index (χ1n) is 5.30. The van der Waals surface area contributed by atoms with E-state index in [1.54, 1.807) is 6.20 Å². The van der Waals surface area contributed by atoms with Crippen LogP contribution in [0.1, 0.15) is 5.56 Å². The number of hydrogen-bond acceptors (Lipinski definition) is 3. The molecule has 2 N–H and O–H groups in total. The van der Waals surface area contributed by atoms with Crippen LogP contribution in [0.15, 0.2) is 36.5 Å². The highest BCUT2D eigenvalue weighted by Crippen LogP contribution is 2.29.